The molecule has 1 saturated heterocycles. The van der Waals surface area contributed by atoms with Crippen LogP contribution in [0.2, 0.25) is 0 Å². The number of hydrogen-bond donors (Lipinski definition) is 2. The van der Waals surface area contributed by atoms with Crippen LogP contribution in [0.15, 0.2) is 30.3 Å². The van der Waals surface area contributed by atoms with Gasteiger partial charge in [-0.1, -0.05) is 30.3 Å². The molecule has 0 aliphatic carbocycles. The standard InChI is InChI=1S/C19H26N2O6/c1-19(2,3)27-18(25)21-10-9-15(14(11-21)16(22)23)20-17(24)26-12-13-7-5-4-6-8-13/h4-8,14-15H,9-12H2,1-3H3,(H,20,24)(H,22,23)/t14-,15-/m1/s1. The Hall–Kier alpha value is -2.77. The lowest BCUT2D eigenvalue weighted by atomic mass is 9.92. The van der Waals surface area contributed by atoms with Crippen LogP contribution in [0.1, 0.15) is 32.8 Å². The van der Waals surface area contributed by atoms with Crippen molar-refractivity contribution in [2.75, 3.05) is 13.1 Å². The molecule has 0 unspecified atom stereocenters. The molecule has 8 heteroatoms. The molecule has 0 spiro atoms. The fraction of sp³-hybridized carbons (Fsp3) is 0.526. The highest BCUT2D eigenvalue weighted by Crippen LogP contribution is 2.20. The Morgan fingerprint density at radius 1 is 1.22 bits per heavy atom. The number of carbonyl (C=O) groups excluding carboxylic acids is 2. The predicted molar refractivity (Wildman–Crippen MR) is 97.1 cm³/mol. The van der Waals surface area contributed by atoms with Gasteiger partial charge in [-0.15, -0.1) is 0 Å². The number of carbonyl (C=O) groups is 3. The Bertz CT molecular complexity index is 671. The number of hydrogen-bond acceptors (Lipinski definition) is 5. The first kappa shape index (κ1) is 20.5. The van der Waals surface area contributed by atoms with Gasteiger partial charge in [0.1, 0.15) is 12.2 Å². The van der Waals surface area contributed by atoms with Crippen LogP contribution < -0.4 is 5.32 Å². The van der Waals surface area contributed by atoms with Gasteiger partial charge in [-0.05, 0) is 32.8 Å². The first-order valence-corrected chi connectivity index (χ1v) is 8.83. The Morgan fingerprint density at radius 3 is 2.48 bits per heavy atom. The predicted octanol–water partition coefficient (Wildman–Crippen LogP) is 2.62. The summed E-state index contributed by atoms with van der Waals surface area (Å²) in [5, 5.41) is 12.1. The van der Waals surface area contributed by atoms with Gasteiger partial charge in [0.15, 0.2) is 0 Å². The number of likely N-dealkylation sites (tertiary alicyclic amines) is 1. The molecule has 148 valence electrons. The second kappa shape index (κ2) is 8.75. The number of piperidine rings is 1. The fourth-order valence-electron chi connectivity index (χ4n) is 2.78. The third kappa shape index (κ3) is 6.47. The number of alkyl carbamates (subject to hydrolysis) is 1. The molecule has 1 aromatic rings. The van der Waals surface area contributed by atoms with Crippen molar-refractivity contribution in [3.8, 4) is 0 Å². The average molecular weight is 378 g/mol. The van der Waals surface area contributed by atoms with Crippen LogP contribution in [0.5, 0.6) is 0 Å². The molecule has 27 heavy (non-hydrogen) atoms. The van der Waals surface area contributed by atoms with Crippen LogP contribution in [0.4, 0.5) is 9.59 Å². The minimum Gasteiger partial charge on any atom is -0.481 e. The zero-order valence-corrected chi connectivity index (χ0v) is 15.8. The summed E-state index contributed by atoms with van der Waals surface area (Å²) in [6, 6.07) is 8.57. The number of carboxylic acids is 1. The molecule has 2 N–H and O–H groups in total. The van der Waals surface area contributed by atoms with E-state index in [0.29, 0.717) is 13.0 Å². The third-order valence-electron chi connectivity index (χ3n) is 4.10. The number of benzene rings is 1. The number of aliphatic carboxylic acids is 1. The summed E-state index contributed by atoms with van der Waals surface area (Å²) >= 11 is 0. The summed E-state index contributed by atoms with van der Waals surface area (Å²) in [6.07, 6.45) is -0.934. The monoisotopic (exact) mass is 378 g/mol. The second-order valence-electron chi connectivity index (χ2n) is 7.47. The van der Waals surface area contributed by atoms with Crippen molar-refractivity contribution in [1.29, 1.82) is 0 Å². The van der Waals surface area contributed by atoms with E-state index in [-0.39, 0.29) is 13.2 Å². The van der Waals surface area contributed by atoms with Crippen molar-refractivity contribution < 1.29 is 29.0 Å². The van der Waals surface area contributed by atoms with Gasteiger partial charge in [-0.25, -0.2) is 9.59 Å². The van der Waals surface area contributed by atoms with E-state index in [9.17, 15) is 19.5 Å². The van der Waals surface area contributed by atoms with Crippen molar-refractivity contribution in [3.63, 3.8) is 0 Å². The first-order valence-electron chi connectivity index (χ1n) is 8.83. The van der Waals surface area contributed by atoms with E-state index in [4.69, 9.17) is 9.47 Å². The largest absolute Gasteiger partial charge is 0.481 e. The number of nitrogens with zero attached hydrogens (tertiary/aromatic N) is 1. The number of rotatable bonds is 4. The van der Waals surface area contributed by atoms with E-state index in [1.54, 1.807) is 20.8 Å². The van der Waals surface area contributed by atoms with Gasteiger partial charge in [0.05, 0.1) is 5.92 Å². The molecular weight excluding hydrogens is 352 g/mol. The molecule has 1 fully saturated rings. The zero-order valence-electron chi connectivity index (χ0n) is 15.8. The van der Waals surface area contributed by atoms with Gasteiger partial charge in [-0.3, -0.25) is 4.79 Å². The average Bonchev–Trinajstić information content (AvgIpc) is 2.59. The quantitative estimate of drug-likeness (QED) is 0.834. The summed E-state index contributed by atoms with van der Waals surface area (Å²) in [5.74, 6) is -2.02. The van der Waals surface area contributed by atoms with Crippen molar-refractivity contribution >= 4 is 18.2 Å². The molecular formula is C19H26N2O6. The van der Waals surface area contributed by atoms with Gasteiger partial charge in [0.25, 0.3) is 0 Å². The SMILES string of the molecule is CC(C)(C)OC(=O)N1CC[C@@H](NC(=O)OCc2ccccc2)[C@H](C(=O)O)C1. The molecule has 1 aliphatic rings. The number of ether oxygens (including phenoxy) is 2. The van der Waals surface area contributed by atoms with Gasteiger partial charge < -0.3 is 24.8 Å². The van der Waals surface area contributed by atoms with Crippen LogP contribution >= 0.6 is 0 Å². The molecule has 1 aromatic carbocycles. The highest BCUT2D eigenvalue weighted by molar-refractivity contribution is 5.76. The van der Waals surface area contributed by atoms with Crippen molar-refractivity contribution in [1.82, 2.24) is 10.2 Å². The maximum absolute atomic E-state index is 12.2. The Morgan fingerprint density at radius 2 is 1.89 bits per heavy atom. The molecule has 1 aliphatic heterocycles. The minimum absolute atomic E-state index is 0.0339. The van der Waals surface area contributed by atoms with E-state index in [0.717, 1.165) is 5.56 Å². The highest BCUT2D eigenvalue weighted by atomic mass is 16.6. The lowest BCUT2D eigenvalue weighted by Gasteiger charge is -2.37. The summed E-state index contributed by atoms with van der Waals surface area (Å²) < 4.78 is 10.4. The van der Waals surface area contributed by atoms with E-state index < -0.39 is 35.7 Å². The Labute approximate surface area is 158 Å². The maximum Gasteiger partial charge on any atom is 0.410 e. The van der Waals surface area contributed by atoms with E-state index >= 15 is 0 Å². The molecule has 0 radical (unpaired) electrons. The van der Waals surface area contributed by atoms with Gasteiger partial charge >= 0.3 is 18.2 Å². The molecule has 0 aromatic heterocycles. The van der Waals surface area contributed by atoms with Crippen molar-refractivity contribution in [3.05, 3.63) is 35.9 Å². The molecule has 2 atom stereocenters. The van der Waals surface area contributed by atoms with Crippen LogP contribution in [0.25, 0.3) is 0 Å². The van der Waals surface area contributed by atoms with Crippen LogP contribution in [-0.4, -0.2) is 52.9 Å². The number of nitrogens with one attached hydrogen (secondary N) is 1. The molecule has 2 amide bonds. The van der Waals surface area contributed by atoms with Crippen LogP contribution in [0.3, 0.4) is 0 Å². The number of amides is 2. The lowest BCUT2D eigenvalue weighted by molar-refractivity contribution is -0.144. The van der Waals surface area contributed by atoms with Crippen molar-refractivity contribution in [2.45, 2.75) is 45.4 Å². The summed E-state index contributed by atoms with van der Waals surface area (Å²) in [5.41, 5.74) is 0.175. The Kier molecular flexibility index (Phi) is 6.65. The summed E-state index contributed by atoms with van der Waals surface area (Å²) in [7, 11) is 0. The van der Waals surface area contributed by atoms with E-state index in [2.05, 4.69) is 5.32 Å². The zero-order chi connectivity index (χ0) is 20.0. The molecule has 8 nitrogen and oxygen atoms in total. The lowest BCUT2D eigenvalue weighted by Crippen LogP contribution is -2.55. The fourth-order valence-corrected chi connectivity index (χ4v) is 2.78. The van der Waals surface area contributed by atoms with Gasteiger partial charge in [0.2, 0.25) is 0 Å². The molecule has 0 bridgehead atoms. The first-order chi connectivity index (χ1) is 12.7. The van der Waals surface area contributed by atoms with Crippen LogP contribution in [0, 0.1) is 5.92 Å². The minimum atomic E-state index is -1.09. The Balaban J connectivity index is 1.90. The van der Waals surface area contributed by atoms with Gasteiger partial charge in [0, 0.05) is 19.1 Å². The molecule has 1 heterocycles. The topological polar surface area (TPSA) is 105 Å². The normalized spacial score (nSPS) is 19.9. The van der Waals surface area contributed by atoms with E-state index in [1.165, 1.54) is 4.90 Å². The summed E-state index contributed by atoms with van der Waals surface area (Å²) in [6.45, 7) is 5.60. The van der Waals surface area contributed by atoms with E-state index in [1.807, 2.05) is 30.3 Å². The summed E-state index contributed by atoms with van der Waals surface area (Å²) in [4.78, 5) is 37.2. The maximum atomic E-state index is 12.2. The smallest absolute Gasteiger partial charge is 0.410 e. The molecule has 0 saturated carbocycles. The van der Waals surface area contributed by atoms with Crippen molar-refractivity contribution in [2.24, 2.45) is 5.92 Å². The third-order valence-corrected chi connectivity index (χ3v) is 4.10. The van der Waals surface area contributed by atoms with Gasteiger partial charge in [-0.2, -0.15) is 0 Å². The molecule has 2 rings (SSSR count). The van der Waals surface area contributed by atoms with Crippen LogP contribution in [-0.2, 0) is 20.9 Å². The second-order valence-corrected chi connectivity index (χ2v) is 7.47. The number of carboxylic acid groups (broad SMARTS) is 1. The highest BCUT2D eigenvalue weighted by Gasteiger charge is 2.38.